The second-order valence-corrected chi connectivity index (χ2v) is 9.08. The number of para-hydroxylation sites is 1. The number of hydrogen-bond acceptors (Lipinski definition) is 6. The van der Waals surface area contributed by atoms with E-state index in [0.717, 1.165) is 9.87 Å². The molecule has 0 unspecified atom stereocenters. The highest BCUT2D eigenvalue weighted by atomic mass is 32.2. The number of nitrogens with zero attached hydrogens (tertiary/aromatic N) is 2. The third kappa shape index (κ3) is 5.87. The van der Waals surface area contributed by atoms with Gasteiger partial charge in [0.15, 0.2) is 0 Å². The predicted molar refractivity (Wildman–Crippen MR) is 130 cm³/mol. The summed E-state index contributed by atoms with van der Waals surface area (Å²) in [4.78, 5) is 24.3. The van der Waals surface area contributed by atoms with Gasteiger partial charge in [-0.05, 0) is 47.9 Å². The van der Waals surface area contributed by atoms with Gasteiger partial charge in [0.25, 0.3) is 15.9 Å². The zero-order valence-electron chi connectivity index (χ0n) is 18.8. The number of carbonyl (C=O) groups excluding carboxylic acids is 2. The molecule has 0 heterocycles. The van der Waals surface area contributed by atoms with Crippen LogP contribution in [0, 0.1) is 0 Å². The van der Waals surface area contributed by atoms with E-state index in [1.165, 1.54) is 25.5 Å². The van der Waals surface area contributed by atoms with Crippen molar-refractivity contribution in [2.75, 3.05) is 18.0 Å². The van der Waals surface area contributed by atoms with Crippen molar-refractivity contribution < 1.29 is 22.7 Å². The Bertz CT molecular complexity index is 1270. The van der Waals surface area contributed by atoms with Gasteiger partial charge in [0.05, 0.1) is 29.5 Å². The van der Waals surface area contributed by atoms with Crippen LogP contribution in [0.4, 0.5) is 5.69 Å². The number of benzene rings is 3. The average Bonchev–Trinajstić information content (AvgIpc) is 2.87. The Morgan fingerprint density at radius 2 is 1.62 bits per heavy atom. The Morgan fingerprint density at radius 3 is 2.26 bits per heavy atom. The third-order valence-electron chi connectivity index (χ3n) is 4.99. The molecule has 0 aliphatic rings. The van der Waals surface area contributed by atoms with Crippen LogP contribution < -0.4 is 9.73 Å². The maximum Gasteiger partial charge on any atom is 0.337 e. The molecule has 3 aromatic carbocycles. The summed E-state index contributed by atoms with van der Waals surface area (Å²) in [6.45, 7) is 1.47. The van der Waals surface area contributed by atoms with Crippen LogP contribution in [-0.4, -0.2) is 40.2 Å². The highest BCUT2D eigenvalue weighted by Crippen LogP contribution is 2.27. The zero-order valence-corrected chi connectivity index (χ0v) is 19.7. The monoisotopic (exact) mass is 479 g/mol. The van der Waals surface area contributed by atoms with Crippen molar-refractivity contribution in [3.8, 4) is 0 Å². The van der Waals surface area contributed by atoms with Gasteiger partial charge in [0, 0.05) is 0 Å². The van der Waals surface area contributed by atoms with Gasteiger partial charge in [0.1, 0.15) is 6.54 Å². The van der Waals surface area contributed by atoms with Crippen molar-refractivity contribution in [1.29, 1.82) is 0 Å². The summed E-state index contributed by atoms with van der Waals surface area (Å²) in [5.74, 6) is -1.06. The van der Waals surface area contributed by atoms with Gasteiger partial charge in [-0.2, -0.15) is 5.10 Å². The minimum absolute atomic E-state index is 0.0860. The lowest BCUT2D eigenvalue weighted by Crippen LogP contribution is -2.40. The Hall–Kier alpha value is -3.98. The summed E-state index contributed by atoms with van der Waals surface area (Å²) >= 11 is 0. The topological polar surface area (TPSA) is 105 Å². The number of nitrogens with one attached hydrogen (secondary N) is 1. The minimum Gasteiger partial charge on any atom is -0.465 e. The van der Waals surface area contributed by atoms with Crippen molar-refractivity contribution >= 4 is 33.8 Å². The number of methoxy groups -OCH3 is 1. The number of carbonyl (C=O) groups is 2. The lowest BCUT2D eigenvalue weighted by atomic mass is 10.1. The van der Waals surface area contributed by atoms with E-state index in [-0.39, 0.29) is 4.90 Å². The van der Waals surface area contributed by atoms with Gasteiger partial charge in [-0.25, -0.2) is 18.6 Å². The number of esters is 1. The number of anilines is 1. The van der Waals surface area contributed by atoms with Crippen LogP contribution in [0.2, 0.25) is 0 Å². The normalized spacial score (nSPS) is 11.2. The molecule has 1 N–H and O–H groups in total. The van der Waals surface area contributed by atoms with Crippen molar-refractivity contribution in [2.24, 2.45) is 5.10 Å². The number of hydrazone groups is 1. The predicted octanol–water partition coefficient (Wildman–Crippen LogP) is 3.38. The van der Waals surface area contributed by atoms with Crippen molar-refractivity contribution in [3.05, 3.63) is 95.6 Å². The van der Waals surface area contributed by atoms with Gasteiger partial charge < -0.3 is 4.74 Å². The fourth-order valence-electron chi connectivity index (χ4n) is 3.24. The first-order valence-corrected chi connectivity index (χ1v) is 12.0. The summed E-state index contributed by atoms with van der Waals surface area (Å²) in [7, 11) is -2.70. The first kappa shape index (κ1) is 24.7. The molecular formula is C25H25N3O5S. The van der Waals surface area contributed by atoms with Crippen molar-refractivity contribution in [2.45, 2.75) is 18.2 Å². The van der Waals surface area contributed by atoms with E-state index >= 15 is 0 Å². The molecule has 0 saturated heterocycles. The highest BCUT2D eigenvalue weighted by molar-refractivity contribution is 7.92. The average molecular weight is 480 g/mol. The molecule has 0 fully saturated rings. The summed E-state index contributed by atoms with van der Waals surface area (Å²) < 4.78 is 32.6. The number of amides is 1. The molecule has 176 valence electrons. The minimum atomic E-state index is -4.00. The van der Waals surface area contributed by atoms with Gasteiger partial charge >= 0.3 is 5.97 Å². The standard InChI is InChI=1S/C25H25N3O5S/c1-3-20-9-7-8-12-23(20)28(34(31,32)22-10-5-4-6-11-22)18-24(29)27-26-17-19-13-15-21(16-14-19)25(30)33-2/h4-17H,3,18H2,1-2H3,(H,27,29)/b26-17-. The molecule has 9 heteroatoms. The highest BCUT2D eigenvalue weighted by Gasteiger charge is 2.28. The summed E-state index contributed by atoms with van der Waals surface area (Å²) in [6, 6.07) is 21.5. The fraction of sp³-hybridized carbons (Fsp3) is 0.160. The molecule has 0 bridgehead atoms. The van der Waals surface area contributed by atoms with Crippen LogP contribution in [-0.2, 0) is 26.0 Å². The van der Waals surface area contributed by atoms with Crippen molar-refractivity contribution in [3.63, 3.8) is 0 Å². The summed E-state index contributed by atoms with van der Waals surface area (Å²) in [5, 5.41) is 3.92. The second-order valence-electron chi connectivity index (χ2n) is 7.21. The molecule has 3 aromatic rings. The maximum absolute atomic E-state index is 13.4. The maximum atomic E-state index is 13.4. The molecule has 0 atom stereocenters. The third-order valence-corrected chi connectivity index (χ3v) is 6.77. The van der Waals surface area contributed by atoms with E-state index < -0.39 is 28.4 Å². The van der Waals surface area contributed by atoms with Crippen LogP contribution in [0.5, 0.6) is 0 Å². The summed E-state index contributed by atoms with van der Waals surface area (Å²) in [6.07, 6.45) is 1.99. The molecule has 1 amide bonds. The SMILES string of the molecule is CCc1ccccc1N(CC(=O)N/N=C\c1ccc(C(=O)OC)cc1)S(=O)(=O)c1ccccc1. The second kappa shape index (κ2) is 11.2. The number of sulfonamides is 1. The van der Waals surface area contributed by atoms with Crippen LogP contribution in [0.25, 0.3) is 0 Å². The van der Waals surface area contributed by atoms with E-state index in [0.29, 0.717) is 23.2 Å². The number of ether oxygens (including phenoxy) is 1. The molecule has 0 saturated carbocycles. The molecule has 34 heavy (non-hydrogen) atoms. The fourth-order valence-corrected chi connectivity index (χ4v) is 4.72. The lowest BCUT2D eigenvalue weighted by Gasteiger charge is -2.25. The molecule has 0 aliphatic heterocycles. The lowest BCUT2D eigenvalue weighted by molar-refractivity contribution is -0.119. The van der Waals surface area contributed by atoms with Crippen LogP contribution in [0.1, 0.15) is 28.4 Å². The Kier molecular flexibility index (Phi) is 8.15. The first-order valence-electron chi connectivity index (χ1n) is 10.5. The first-order chi connectivity index (χ1) is 16.4. The molecule has 0 aromatic heterocycles. The van der Waals surface area contributed by atoms with Crippen LogP contribution in [0.15, 0.2) is 88.9 Å². The van der Waals surface area contributed by atoms with Gasteiger partial charge in [-0.3, -0.25) is 9.10 Å². The molecule has 0 radical (unpaired) electrons. The van der Waals surface area contributed by atoms with E-state index in [2.05, 4.69) is 15.3 Å². The Balaban J connectivity index is 1.80. The molecule has 0 aliphatic carbocycles. The van der Waals surface area contributed by atoms with Gasteiger partial charge in [-0.15, -0.1) is 0 Å². The molecule has 3 rings (SSSR count). The Labute approximate surface area is 198 Å². The number of hydrogen-bond donors (Lipinski definition) is 1. The molecule has 0 spiro atoms. The van der Waals surface area contributed by atoms with Gasteiger partial charge in [0.2, 0.25) is 0 Å². The molecule has 8 nitrogen and oxygen atoms in total. The van der Waals surface area contributed by atoms with Gasteiger partial charge in [-0.1, -0.05) is 55.5 Å². The van der Waals surface area contributed by atoms with E-state index in [9.17, 15) is 18.0 Å². The number of rotatable bonds is 9. The van der Waals surface area contributed by atoms with Crippen molar-refractivity contribution in [1.82, 2.24) is 5.43 Å². The van der Waals surface area contributed by atoms with E-state index in [1.54, 1.807) is 54.6 Å². The summed E-state index contributed by atoms with van der Waals surface area (Å²) in [5.41, 5.74) is 4.63. The van der Waals surface area contributed by atoms with Crippen LogP contribution >= 0.6 is 0 Å². The van der Waals surface area contributed by atoms with Crippen LogP contribution in [0.3, 0.4) is 0 Å². The largest absolute Gasteiger partial charge is 0.465 e. The Morgan fingerprint density at radius 1 is 0.971 bits per heavy atom. The molecular weight excluding hydrogens is 454 g/mol. The van der Waals surface area contributed by atoms with E-state index in [4.69, 9.17) is 0 Å². The number of aryl methyl sites for hydroxylation is 1. The quantitative estimate of drug-likeness (QED) is 0.288. The van der Waals surface area contributed by atoms with E-state index in [1.807, 2.05) is 19.1 Å². The smallest absolute Gasteiger partial charge is 0.337 e. The zero-order chi connectivity index (χ0) is 24.6.